The number of para-hydroxylation sites is 1. The van der Waals surface area contributed by atoms with Crippen LogP contribution >= 0.6 is 11.6 Å². The van der Waals surface area contributed by atoms with E-state index in [1.165, 1.54) is 4.90 Å². The van der Waals surface area contributed by atoms with E-state index in [2.05, 4.69) is 9.97 Å². The molecule has 1 aromatic carbocycles. The Morgan fingerprint density at radius 3 is 2.47 bits per heavy atom. The minimum absolute atomic E-state index is 0.107. The third-order valence-corrected chi connectivity index (χ3v) is 3.03. The Bertz CT molecular complexity index is 566. The van der Waals surface area contributed by atoms with Gasteiger partial charge in [-0.2, -0.15) is 0 Å². The zero-order valence-corrected chi connectivity index (χ0v) is 11.6. The molecule has 1 aromatic heterocycles. The Morgan fingerprint density at radius 1 is 1.26 bits per heavy atom. The van der Waals surface area contributed by atoms with Crippen LogP contribution in [-0.4, -0.2) is 21.8 Å². The van der Waals surface area contributed by atoms with Gasteiger partial charge < -0.3 is 0 Å². The van der Waals surface area contributed by atoms with Crippen LogP contribution in [0.3, 0.4) is 0 Å². The number of amides is 1. The molecular formula is C14H14ClN3O. The predicted molar refractivity (Wildman–Crippen MR) is 75.8 cm³/mol. The number of aryl methyl sites for hydroxylation is 2. The summed E-state index contributed by atoms with van der Waals surface area (Å²) in [5.41, 5.74) is 2.79. The van der Waals surface area contributed by atoms with Crippen LogP contribution in [0.1, 0.15) is 11.1 Å². The molecule has 0 aliphatic heterocycles. The molecule has 0 N–H and O–H groups in total. The number of hydrogen-bond donors (Lipinski definition) is 0. The average Bonchev–Trinajstić information content (AvgIpc) is 2.43. The number of anilines is 2. The maximum absolute atomic E-state index is 12.1. The number of alkyl halides is 1. The highest BCUT2D eigenvalue weighted by Gasteiger charge is 2.21. The Balaban J connectivity index is 2.59. The van der Waals surface area contributed by atoms with Gasteiger partial charge in [0.1, 0.15) is 5.88 Å². The van der Waals surface area contributed by atoms with Crippen molar-refractivity contribution in [2.75, 3.05) is 10.8 Å². The fourth-order valence-electron chi connectivity index (χ4n) is 1.99. The Labute approximate surface area is 117 Å². The van der Waals surface area contributed by atoms with Gasteiger partial charge in [-0.05, 0) is 25.0 Å². The summed E-state index contributed by atoms with van der Waals surface area (Å²) in [4.78, 5) is 21.9. The lowest BCUT2D eigenvalue weighted by molar-refractivity contribution is -0.115. The highest BCUT2D eigenvalue weighted by atomic mass is 35.5. The SMILES string of the molecule is Cc1cccc(C)c1N(C(=O)CCl)c1cnccn1. The van der Waals surface area contributed by atoms with E-state index in [4.69, 9.17) is 11.6 Å². The van der Waals surface area contributed by atoms with Gasteiger partial charge in [-0.25, -0.2) is 4.98 Å². The van der Waals surface area contributed by atoms with E-state index < -0.39 is 0 Å². The molecule has 98 valence electrons. The lowest BCUT2D eigenvalue weighted by Gasteiger charge is -2.24. The van der Waals surface area contributed by atoms with Crippen molar-refractivity contribution in [3.8, 4) is 0 Å². The number of nitrogens with zero attached hydrogens (tertiary/aromatic N) is 3. The minimum Gasteiger partial charge on any atom is -0.273 e. The van der Waals surface area contributed by atoms with Crippen LogP contribution in [0.2, 0.25) is 0 Å². The van der Waals surface area contributed by atoms with Crippen molar-refractivity contribution < 1.29 is 4.79 Å². The molecule has 0 aliphatic carbocycles. The van der Waals surface area contributed by atoms with Gasteiger partial charge in [-0.3, -0.25) is 14.7 Å². The molecule has 0 saturated carbocycles. The van der Waals surface area contributed by atoms with Gasteiger partial charge in [0.05, 0.1) is 11.9 Å². The second-order valence-electron chi connectivity index (χ2n) is 4.17. The summed E-state index contributed by atoms with van der Waals surface area (Å²) in [6.07, 6.45) is 4.67. The molecule has 2 rings (SSSR count). The monoisotopic (exact) mass is 275 g/mol. The van der Waals surface area contributed by atoms with Crippen LogP contribution in [0.15, 0.2) is 36.8 Å². The molecule has 19 heavy (non-hydrogen) atoms. The molecule has 0 unspecified atom stereocenters. The van der Waals surface area contributed by atoms with Gasteiger partial charge in [0, 0.05) is 12.4 Å². The quantitative estimate of drug-likeness (QED) is 0.809. The number of aromatic nitrogens is 2. The summed E-state index contributed by atoms with van der Waals surface area (Å²) < 4.78 is 0. The molecule has 1 amide bonds. The molecule has 0 aliphatic rings. The number of rotatable bonds is 3. The summed E-state index contributed by atoms with van der Waals surface area (Å²) >= 11 is 5.71. The first-order valence-electron chi connectivity index (χ1n) is 5.86. The summed E-state index contributed by atoms with van der Waals surface area (Å²) in [5, 5.41) is 0. The van der Waals surface area contributed by atoms with Gasteiger partial charge in [-0.15, -0.1) is 11.6 Å². The standard InChI is InChI=1S/C14H14ClN3O/c1-10-4-3-5-11(2)14(10)18(13(19)8-15)12-9-16-6-7-17-12/h3-7,9H,8H2,1-2H3. The lowest BCUT2D eigenvalue weighted by atomic mass is 10.1. The Kier molecular flexibility index (Phi) is 4.12. The molecule has 2 aromatic rings. The van der Waals surface area contributed by atoms with Crippen molar-refractivity contribution in [2.45, 2.75) is 13.8 Å². The van der Waals surface area contributed by atoms with Crippen molar-refractivity contribution in [3.05, 3.63) is 47.9 Å². The lowest BCUT2D eigenvalue weighted by Crippen LogP contribution is -2.29. The summed E-state index contributed by atoms with van der Waals surface area (Å²) in [5.74, 6) is 0.148. The number of halogens is 1. The molecule has 0 saturated heterocycles. The summed E-state index contributed by atoms with van der Waals surface area (Å²) in [6.45, 7) is 3.90. The third-order valence-electron chi connectivity index (χ3n) is 2.81. The van der Waals surface area contributed by atoms with E-state index in [0.29, 0.717) is 5.82 Å². The summed E-state index contributed by atoms with van der Waals surface area (Å²) in [7, 11) is 0. The maximum atomic E-state index is 12.1. The first kappa shape index (κ1) is 13.5. The average molecular weight is 276 g/mol. The van der Waals surface area contributed by atoms with Crippen LogP contribution in [-0.2, 0) is 4.79 Å². The van der Waals surface area contributed by atoms with E-state index in [9.17, 15) is 4.79 Å². The van der Waals surface area contributed by atoms with E-state index in [1.807, 2.05) is 32.0 Å². The van der Waals surface area contributed by atoms with Crippen molar-refractivity contribution in [1.82, 2.24) is 9.97 Å². The van der Waals surface area contributed by atoms with Crippen LogP contribution < -0.4 is 4.90 Å². The van der Waals surface area contributed by atoms with Crippen LogP contribution in [0.25, 0.3) is 0 Å². The largest absolute Gasteiger partial charge is 0.273 e. The van der Waals surface area contributed by atoms with Gasteiger partial charge >= 0.3 is 0 Å². The minimum atomic E-state index is -0.223. The molecule has 0 radical (unpaired) electrons. The highest BCUT2D eigenvalue weighted by molar-refractivity contribution is 6.30. The van der Waals surface area contributed by atoms with Crippen LogP contribution in [0.5, 0.6) is 0 Å². The molecular weight excluding hydrogens is 262 g/mol. The van der Waals surface area contributed by atoms with Gasteiger partial charge in [0.25, 0.3) is 0 Å². The molecule has 0 atom stereocenters. The van der Waals surface area contributed by atoms with Crippen molar-refractivity contribution in [1.29, 1.82) is 0 Å². The maximum Gasteiger partial charge on any atom is 0.247 e. The van der Waals surface area contributed by atoms with Crippen molar-refractivity contribution in [2.24, 2.45) is 0 Å². The van der Waals surface area contributed by atoms with E-state index in [1.54, 1.807) is 18.6 Å². The molecule has 0 fully saturated rings. The second-order valence-corrected chi connectivity index (χ2v) is 4.43. The Hall–Kier alpha value is -1.94. The number of carbonyl (C=O) groups excluding carboxylic acids is 1. The number of carbonyl (C=O) groups is 1. The first-order valence-corrected chi connectivity index (χ1v) is 6.39. The predicted octanol–water partition coefficient (Wildman–Crippen LogP) is 3.00. The van der Waals surface area contributed by atoms with Crippen molar-refractivity contribution in [3.63, 3.8) is 0 Å². The van der Waals surface area contributed by atoms with Crippen LogP contribution in [0.4, 0.5) is 11.5 Å². The van der Waals surface area contributed by atoms with Crippen molar-refractivity contribution >= 4 is 29.0 Å². The fraction of sp³-hybridized carbons (Fsp3) is 0.214. The number of hydrogen-bond acceptors (Lipinski definition) is 3. The number of benzene rings is 1. The topological polar surface area (TPSA) is 46.1 Å². The second kappa shape index (κ2) is 5.80. The highest BCUT2D eigenvalue weighted by Crippen LogP contribution is 2.30. The molecule has 0 spiro atoms. The zero-order chi connectivity index (χ0) is 13.8. The smallest absolute Gasteiger partial charge is 0.247 e. The van der Waals surface area contributed by atoms with Crippen LogP contribution in [0, 0.1) is 13.8 Å². The Morgan fingerprint density at radius 2 is 1.95 bits per heavy atom. The fourth-order valence-corrected chi connectivity index (χ4v) is 2.11. The molecule has 4 nitrogen and oxygen atoms in total. The molecule has 1 heterocycles. The molecule has 5 heteroatoms. The third kappa shape index (κ3) is 2.74. The van der Waals surface area contributed by atoms with Gasteiger partial charge in [0.15, 0.2) is 5.82 Å². The normalized spacial score (nSPS) is 10.3. The zero-order valence-electron chi connectivity index (χ0n) is 10.8. The van der Waals surface area contributed by atoms with E-state index in [0.717, 1.165) is 16.8 Å². The summed E-state index contributed by atoms with van der Waals surface area (Å²) in [6, 6.07) is 5.86. The molecule has 0 bridgehead atoms. The first-order chi connectivity index (χ1) is 9.15. The van der Waals surface area contributed by atoms with Gasteiger partial charge in [0.2, 0.25) is 5.91 Å². The van der Waals surface area contributed by atoms with E-state index >= 15 is 0 Å². The van der Waals surface area contributed by atoms with Gasteiger partial charge in [-0.1, -0.05) is 18.2 Å². The van der Waals surface area contributed by atoms with E-state index in [-0.39, 0.29) is 11.8 Å².